The van der Waals surface area contributed by atoms with Gasteiger partial charge in [0, 0.05) is 28.1 Å². The first-order valence-corrected chi connectivity index (χ1v) is 8.59. The lowest BCUT2D eigenvalue weighted by atomic mass is 9.99. The number of amides is 1. The van der Waals surface area contributed by atoms with Crippen LogP contribution in [-0.4, -0.2) is 21.5 Å². The smallest absolute Gasteiger partial charge is 0.274 e. The summed E-state index contributed by atoms with van der Waals surface area (Å²) in [4.78, 5) is 18.1. The molecule has 0 bridgehead atoms. The van der Waals surface area contributed by atoms with Crippen LogP contribution in [0.5, 0.6) is 0 Å². The van der Waals surface area contributed by atoms with Crippen LogP contribution in [0.25, 0.3) is 0 Å². The Bertz CT molecular complexity index is 679. The lowest BCUT2D eigenvalue weighted by molar-refractivity contribution is 0.101. The Hall–Kier alpha value is -1.18. The van der Waals surface area contributed by atoms with Crippen LogP contribution < -0.4 is 11.1 Å². The van der Waals surface area contributed by atoms with Gasteiger partial charge < -0.3 is 10.3 Å². The molecule has 0 fully saturated rings. The van der Waals surface area contributed by atoms with Crippen molar-refractivity contribution in [1.29, 1.82) is 0 Å². The molecule has 0 aliphatic heterocycles. The molecule has 2 aromatic rings. The highest BCUT2D eigenvalue weighted by Crippen LogP contribution is 2.29. The first-order valence-electron chi connectivity index (χ1n) is 6.98. The average molecular weight is 369 g/mol. The van der Waals surface area contributed by atoms with E-state index < -0.39 is 0 Å². The van der Waals surface area contributed by atoms with Crippen molar-refractivity contribution in [1.82, 2.24) is 9.55 Å². The number of thiazole rings is 1. The molecule has 5 nitrogen and oxygen atoms in total. The fourth-order valence-electron chi connectivity index (χ4n) is 2.54. The molecule has 1 aliphatic rings. The van der Waals surface area contributed by atoms with Crippen molar-refractivity contribution < 1.29 is 4.79 Å². The SMILES string of the molecule is CCn1cc(Br)cc1C(=O)Nc1nc2c(s1)C[C@@H](N)CC2. The van der Waals surface area contributed by atoms with Crippen molar-refractivity contribution in [2.24, 2.45) is 5.73 Å². The fraction of sp³-hybridized carbons (Fsp3) is 0.429. The van der Waals surface area contributed by atoms with E-state index in [0.29, 0.717) is 10.8 Å². The fourth-order valence-corrected chi connectivity index (χ4v) is 4.10. The Kier molecular flexibility index (Phi) is 4.14. The molecule has 1 aliphatic carbocycles. The molecule has 0 unspecified atom stereocenters. The van der Waals surface area contributed by atoms with Gasteiger partial charge in [-0.2, -0.15) is 0 Å². The number of aromatic nitrogens is 2. The minimum Gasteiger partial charge on any atom is -0.343 e. The number of nitrogens with one attached hydrogen (secondary N) is 1. The van der Waals surface area contributed by atoms with E-state index >= 15 is 0 Å². The summed E-state index contributed by atoms with van der Waals surface area (Å²) in [6.45, 7) is 2.75. The van der Waals surface area contributed by atoms with Gasteiger partial charge in [-0.25, -0.2) is 4.98 Å². The first kappa shape index (κ1) is 14.7. The van der Waals surface area contributed by atoms with Crippen molar-refractivity contribution in [2.75, 3.05) is 5.32 Å². The summed E-state index contributed by atoms with van der Waals surface area (Å²) in [5, 5.41) is 3.57. The second kappa shape index (κ2) is 5.90. The van der Waals surface area contributed by atoms with Gasteiger partial charge in [0.25, 0.3) is 5.91 Å². The van der Waals surface area contributed by atoms with Crippen LogP contribution in [0.4, 0.5) is 5.13 Å². The number of anilines is 1. The number of halogens is 1. The molecule has 0 spiro atoms. The van der Waals surface area contributed by atoms with Crippen LogP contribution in [-0.2, 0) is 19.4 Å². The monoisotopic (exact) mass is 368 g/mol. The third-order valence-corrected chi connectivity index (χ3v) is 5.10. The lowest BCUT2D eigenvalue weighted by Crippen LogP contribution is -2.27. The van der Waals surface area contributed by atoms with Crippen LogP contribution in [0, 0.1) is 0 Å². The van der Waals surface area contributed by atoms with Gasteiger partial charge >= 0.3 is 0 Å². The zero-order valence-electron chi connectivity index (χ0n) is 11.7. The first-order chi connectivity index (χ1) is 10.1. The minimum atomic E-state index is -0.127. The number of rotatable bonds is 3. The highest BCUT2D eigenvalue weighted by atomic mass is 79.9. The van der Waals surface area contributed by atoms with Gasteiger partial charge in [0.1, 0.15) is 5.69 Å². The molecule has 0 radical (unpaired) electrons. The van der Waals surface area contributed by atoms with E-state index in [9.17, 15) is 4.79 Å². The third kappa shape index (κ3) is 3.04. The predicted molar refractivity (Wildman–Crippen MR) is 87.9 cm³/mol. The van der Waals surface area contributed by atoms with Gasteiger partial charge in [-0.1, -0.05) is 0 Å². The number of nitrogens with zero attached hydrogens (tertiary/aromatic N) is 2. The largest absolute Gasteiger partial charge is 0.343 e. The van der Waals surface area contributed by atoms with Crippen molar-refractivity contribution in [2.45, 2.75) is 38.8 Å². The molecule has 112 valence electrons. The van der Waals surface area contributed by atoms with Gasteiger partial charge in [0.15, 0.2) is 5.13 Å². The average Bonchev–Trinajstić information content (AvgIpc) is 3.00. The Balaban J connectivity index is 1.79. The minimum absolute atomic E-state index is 0.127. The molecule has 0 saturated carbocycles. The number of nitrogens with two attached hydrogens (primary N) is 1. The zero-order valence-corrected chi connectivity index (χ0v) is 14.1. The number of carbonyl (C=O) groups is 1. The van der Waals surface area contributed by atoms with Crippen molar-refractivity contribution in [3.05, 3.63) is 33.0 Å². The highest BCUT2D eigenvalue weighted by Gasteiger charge is 2.21. The van der Waals surface area contributed by atoms with Crippen LogP contribution in [0.1, 0.15) is 34.4 Å². The maximum absolute atomic E-state index is 12.4. The maximum Gasteiger partial charge on any atom is 0.274 e. The summed E-state index contributed by atoms with van der Waals surface area (Å²) >= 11 is 4.94. The Morgan fingerprint density at radius 2 is 2.48 bits per heavy atom. The quantitative estimate of drug-likeness (QED) is 0.874. The third-order valence-electron chi connectivity index (χ3n) is 3.63. The highest BCUT2D eigenvalue weighted by molar-refractivity contribution is 9.10. The summed E-state index contributed by atoms with van der Waals surface area (Å²) in [6, 6.07) is 2.04. The van der Waals surface area contributed by atoms with Gasteiger partial charge in [0.05, 0.1) is 5.69 Å². The van der Waals surface area contributed by atoms with Crippen LogP contribution in [0.15, 0.2) is 16.7 Å². The molecule has 21 heavy (non-hydrogen) atoms. The standard InChI is InChI=1S/C14H17BrN4OS/c1-2-19-7-8(15)5-11(19)13(20)18-14-17-10-4-3-9(16)6-12(10)21-14/h5,7,9H,2-4,6,16H2,1H3,(H,17,18,20)/t9-/m0/s1. The van der Waals surface area contributed by atoms with Crippen LogP contribution in [0.2, 0.25) is 0 Å². The summed E-state index contributed by atoms with van der Waals surface area (Å²) in [5.74, 6) is -0.127. The zero-order chi connectivity index (χ0) is 15.0. The molecule has 3 rings (SSSR count). The molecule has 3 N–H and O–H groups in total. The second-order valence-electron chi connectivity index (χ2n) is 5.18. The number of fused-ring (bicyclic) bond motifs is 1. The summed E-state index contributed by atoms with van der Waals surface area (Å²) in [7, 11) is 0. The van der Waals surface area contributed by atoms with E-state index in [2.05, 4.69) is 26.2 Å². The van der Waals surface area contributed by atoms with Crippen LogP contribution >= 0.6 is 27.3 Å². The molecule has 0 saturated heterocycles. The Morgan fingerprint density at radius 3 is 3.24 bits per heavy atom. The predicted octanol–water partition coefficient (Wildman–Crippen LogP) is 2.80. The summed E-state index contributed by atoms with van der Waals surface area (Å²) in [5.41, 5.74) is 7.70. The van der Waals surface area contributed by atoms with E-state index in [-0.39, 0.29) is 11.9 Å². The van der Waals surface area contributed by atoms with E-state index in [1.165, 1.54) is 16.2 Å². The number of hydrogen-bond acceptors (Lipinski definition) is 4. The summed E-state index contributed by atoms with van der Waals surface area (Å²) in [6.07, 6.45) is 4.63. The number of aryl methyl sites for hydroxylation is 2. The molecular weight excluding hydrogens is 352 g/mol. The number of hydrogen-bond donors (Lipinski definition) is 2. The number of carbonyl (C=O) groups excluding carboxylic acids is 1. The second-order valence-corrected chi connectivity index (χ2v) is 7.17. The molecule has 1 amide bonds. The van der Waals surface area contributed by atoms with Crippen molar-refractivity contribution >= 4 is 38.3 Å². The molecular formula is C14H17BrN4OS. The molecule has 2 aromatic heterocycles. The molecule has 7 heteroatoms. The molecule has 2 heterocycles. The molecule has 0 aromatic carbocycles. The summed E-state index contributed by atoms with van der Waals surface area (Å²) < 4.78 is 2.81. The van der Waals surface area contributed by atoms with Crippen LogP contribution in [0.3, 0.4) is 0 Å². The van der Waals surface area contributed by atoms with E-state index in [4.69, 9.17) is 5.73 Å². The maximum atomic E-state index is 12.4. The Morgan fingerprint density at radius 1 is 1.67 bits per heavy atom. The van der Waals surface area contributed by atoms with Crippen molar-refractivity contribution in [3.8, 4) is 0 Å². The molecule has 1 atom stereocenters. The van der Waals surface area contributed by atoms with Gasteiger partial charge in [-0.05, 0) is 48.2 Å². The Labute approximate surface area is 135 Å². The normalized spacial score (nSPS) is 17.6. The van der Waals surface area contributed by atoms with E-state index in [1.807, 2.05) is 23.8 Å². The van der Waals surface area contributed by atoms with Gasteiger partial charge in [0.2, 0.25) is 0 Å². The topological polar surface area (TPSA) is 72.9 Å². The van der Waals surface area contributed by atoms with Crippen molar-refractivity contribution in [3.63, 3.8) is 0 Å². The van der Waals surface area contributed by atoms with E-state index in [1.54, 1.807) is 0 Å². The lowest BCUT2D eigenvalue weighted by Gasteiger charge is -2.15. The van der Waals surface area contributed by atoms with Gasteiger partial charge in [-0.3, -0.25) is 10.1 Å². The van der Waals surface area contributed by atoms with E-state index in [0.717, 1.165) is 36.0 Å². The van der Waals surface area contributed by atoms with Gasteiger partial charge in [-0.15, -0.1) is 11.3 Å².